The lowest BCUT2D eigenvalue weighted by Gasteiger charge is -2.32. The second-order valence-electron chi connectivity index (χ2n) is 6.50. The van der Waals surface area contributed by atoms with Crippen LogP contribution in [-0.2, 0) is 0 Å². The molecule has 1 fully saturated rings. The van der Waals surface area contributed by atoms with E-state index in [1.165, 1.54) is 0 Å². The number of hydrogen-bond donors (Lipinski definition) is 0. The fraction of sp³-hybridized carbons (Fsp3) is 0.389. The van der Waals surface area contributed by atoms with E-state index in [1.807, 2.05) is 17.0 Å². The smallest absolute Gasteiger partial charge is 0.254 e. The Balaban J connectivity index is 1.49. The summed E-state index contributed by atoms with van der Waals surface area (Å²) in [6.07, 6.45) is 3.63. The minimum absolute atomic E-state index is 0.00673. The summed E-state index contributed by atoms with van der Waals surface area (Å²) in [4.78, 5) is 18.9. The van der Waals surface area contributed by atoms with E-state index in [2.05, 4.69) is 20.5 Å². The van der Waals surface area contributed by atoms with E-state index < -0.39 is 0 Å². The first-order valence-corrected chi connectivity index (χ1v) is 8.80. The highest BCUT2D eigenvalue weighted by Gasteiger charge is 2.27. The standard InChI is InChI=1S/C18H20N6O3/c1-12-19-17(21-27-12)16-11-24(22-20-16)14-6-4-8-23(10-14)18(25)13-5-3-7-15(9-13)26-2/h3,5,7,9,11,14H,4,6,8,10H2,1-2H3/t14-/m1/s1. The van der Waals surface area contributed by atoms with Crippen LogP contribution in [0.2, 0.25) is 0 Å². The molecule has 1 aliphatic rings. The van der Waals surface area contributed by atoms with Crippen molar-refractivity contribution in [1.29, 1.82) is 0 Å². The molecule has 9 heteroatoms. The van der Waals surface area contributed by atoms with E-state index >= 15 is 0 Å². The van der Waals surface area contributed by atoms with E-state index in [1.54, 1.807) is 37.0 Å². The Morgan fingerprint density at radius 1 is 1.37 bits per heavy atom. The molecule has 0 radical (unpaired) electrons. The van der Waals surface area contributed by atoms with Crippen LogP contribution in [0.25, 0.3) is 11.5 Å². The molecule has 3 aromatic rings. The van der Waals surface area contributed by atoms with Gasteiger partial charge in [0.15, 0.2) is 5.69 Å². The molecule has 9 nitrogen and oxygen atoms in total. The van der Waals surface area contributed by atoms with Crippen molar-refractivity contribution < 1.29 is 14.1 Å². The molecule has 3 heterocycles. The number of aryl methyl sites for hydroxylation is 1. The number of rotatable bonds is 4. The van der Waals surface area contributed by atoms with Gasteiger partial charge in [-0.15, -0.1) is 5.10 Å². The molecule has 0 saturated carbocycles. The Morgan fingerprint density at radius 2 is 2.26 bits per heavy atom. The van der Waals surface area contributed by atoms with Crippen LogP contribution in [-0.4, -0.2) is 56.1 Å². The van der Waals surface area contributed by atoms with Crippen molar-refractivity contribution in [2.45, 2.75) is 25.8 Å². The van der Waals surface area contributed by atoms with Crippen LogP contribution in [0.15, 0.2) is 35.0 Å². The summed E-state index contributed by atoms with van der Waals surface area (Å²) < 4.78 is 12.0. The quantitative estimate of drug-likeness (QED) is 0.695. The normalized spacial score (nSPS) is 17.1. The molecule has 0 unspecified atom stereocenters. The largest absolute Gasteiger partial charge is 0.497 e. The summed E-state index contributed by atoms with van der Waals surface area (Å²) in [6, 6.07) is 7.28. The molecule has 1 saturated heterocycles. The van der Waals surface area contributed by atoms with Crippen molar-refractivity contribution >= 4 is 5.91 Å². The molecule has 1 amide bonds. The predicted octanol–water partition coefficient (Wildman–Crippen LogP) is 2.12. The molecule has 140 valence electrons. The van der Waals surface area contributed by atoms with Gasteiger partial charge >= 0.3 is 0 Å². The van der Waals surface area contributed by atoms with Gasteiger partial charge in [-0.1, -0.05) is 16.4 Å². The van der Waals surface area contributed by atoms with Crippen LogP contribution < -0.4 is 4.74 Å². The van der Waals surface area contributed by atoms with Crippen LogP contribution in [0.5, 0.6) is 5.75 Å². The van der Waals surface area contributed by atoms with Crippen molar-refractivity contribution in [3.05, 3.63) is 41.9 Å². The Morgan fingerprint density at radius 3 is 3.04 bits per heavy atom. The lowest BCUT2D eigenvalue weighted by Crippen LogP contribution is -2.40. The number of nitrogens with zero attached hydrogens (tertiary/aromatic N) is 6. The van der Waals surface area contributed by atoms with Gasteiger partial charge in [0.1, 0.15) is 5.75 Å². The van der Waals surface area contributed by atoms with E-state index in [9.17, 15) is 4.79 Å². The van der Waals surface area contributed by atoms with Gasteiger partial charge in [0.05, 0.1) is 19.3 Å². The molecule has 0 bridgehead atoms. The van der Waals surface area contributed by atoms with Gasteiger partial charge in [-0.2, -0.15) is 4.98 Å². The molecule has 0 N–H and O–H groups in total. The number of amides is 1. The molecule has 4 rings (SSSR count). The van der Waals surface area contributed by atoms with Crippen LogP contribution in [0, 0.1) is 6.92 Å². The summed E-state index contributed by atoms with van der Waals surface area (Å²) in [5, 5.41) is 12.2. The van der Waals surface area contributed by atoms with Gasteiger partial charge in [-0.3, -0.25) is 4.79 Å². The topological polar surface area (TPSA) is 99.2 Å². The van der Waals surface area contributed by atoms with Crippen LogP contribution in [0.3, 0.4) is 0 Å². The van der Waals surface area contributed by atoms with Gasteiger partial charge in [-0.25, -0.2) is 4.68 Å². The third-order valence-electron chi connectivity index (χ3n) is 4.64. The molecule has 2 aromatic heterocycles. The van der Waals surface area contributed by atoms with E-state index in [0.29, 0.717) is 35.3 Å². The Kier molecular flexibility index (Phi) is 4.57. The Hall–Kier alpha value is -3.23. The Bertz CT molecular complexity index is 950. The summed E-state index contributed by atoms with van der Waals surface area (Å²) in [6.45, 7) is 3.02. The Labute approximate surface area is 155 Å². The third-order valence-corrected chi connectivity index (χ3v) is 4.64. The monoisotopic (exact) mass is 368 g/mol. The van der Waals surface area contributed by atoms with Gasteiger partial charge in [0.2, 0.25) is 11.7 Å². The van der Waals surface area contributed by atoms with Crippen molar-refractivity contribution in [2.75, 3.05) is 20.2 Å². The molecule has 0 aliphatic carbocycles. The fourth-order valence-corrected chi connectivity index (χ4v) is 3.25. The lowest BCUT2D eigenvalue weighted by molar-refractivity contribution is 0.0671. The maximum absolute atomic E-state index is 12.9. The van der Waals surface area contributed by atoms with Crippen LogP contribution in [0.1, 0.15) is 35.1 Å². The molecule has 1 atom stereocenters. The first kappa shape index (κ1) is 17.2. The van der Waals surface area contributed by atoms with Crippen LogP contribution in [0.4, 0.5) is 0 Å². The van der Waals surface area contributed by atoms with Gasteiger partial charge < -0.3 is 14.2 Å². The highest BCUT2D eigenvalue weighted by Crippen LogP contribution is 2.24. The molecule has 1 aromatic carbocycles. The van der Waals surface area contributed by atoms with Gasteiger partial charge in [0.25, 0.3) is 5.91 Å². The van der Waals surface area contributed by atoms with E-state index in [0.717, 1.165) is 19.4 Å². The third kappa shape index (κ3) is 3.53. The highest BCUT2D eigenvalue weighted by molar-refractivity contribution is 5.94. The number of benzene rings is 1. The summed E-state index contributed by atoms with van der Waals surface area (Å²) in [5.74, 6) is 1.56. The van der Waals surface area contributed by atoms with E-state index in [-0.39, 0.29) is 11.9 Å². The molecule has 1 aliphatic heterocycles. The van der Waals surface area contributed by atoms with Crippen molar-refractivity contribution in [3.63, 3.8) is 0 Å². The molecular formula is C18H20N6O3. The summed E-state index contributed by atoms with van der Waals surface area (Å²) >= 11 is 0. The maximum Gasteiger partial charge on any atom is 0.254 e. The maximum atomic E-state index is 12.9. The first-order valence-electron chi connectivity index (χ1n) is 8.80. The number of likely N-dealkylation sites (tertiary alicyclic amines) is 1. The van der Waals surface area contributed by atoms with Gasteiger partial charge in [0, 0.05) is 25.6 Å². The summed E-state index contributed by atoms with van der Waals surface area (Å²) in [5.41, 5.74) is 1.18. The average molecular weight is 368 g/mol. The summed E-state index contributed by atoms with van der Waals surface area (Å²) in [7, 11) is 1.59. The molecule has 27 heavy (non-hydrogen) atoms. The molecule has 0 spiro atoms. The van der Waals surface area contributed by atoms with Crippen molar-refractivity contribution in [2.24, 2.45) is 0 Å². The second kappa shape index (κ2) is 7.18. The second-order valence-corrected chi connectivity index (χ2v) is 6.50. The van der Waals surface area contributed by atoms with Crippen molar-refractivity contribution in [1.82, 2.24) is 30.0 Å². The van der Waals surface area contributed by atoms with Crippen molar-refractivity contribution in [3.8, 4) is 17.3 Å². The average Bonchev–Trinajstić information content (AvgIpc) is 3.36. The minimum Gasteiger partial charge on any atom is -0.497 e. The zero-order valence-corrected chi connectivity index (χ0v) is 15.2. The number of carbonyl (C=O) groups excluding carboxylic acids is 1. The number of piperidine rings is 1. The zero-order valence-electron chi connectivity index (χ0n) is 15.2. The number of ether oxygens (including phenoxy) is 1. The first-order chi connectivity index (χ1) is 13.1. The van der Waals surface area contributed by atoms with E-state index in [4.69, 9.17) is 9.26 Å². The van der Waals surface area contributed by atoms with Crippen LogP contribution >= 0.6 is 0 Å². The number of carbonyl (C=O) groups is 1. The number of methoxy groups -OCH3 is 1. The highest BCUT2D eigenvalue weighted by atomic mass is 16.5. The fourth-order valence-electron chi connectivity index (χ4n) is 3.25. The lowest BCUT2D eigenvalue weighted by atomic mass is 10.0. The SMILES string of the molecule is COc1cccc(C(=O)N2CCC[C@@H](n3cc(-c4noc(C)n4)nn3)C2)c1. The minimum atomic E-state index is -0.00673. The number of hydrogen-bond acceptors (Lipinski definition) is 7. The number of aromatic nitrogens is 5. The zero-order chi connectivity index (χ0) is 18.8. The van der Waals surface area contributed by atoms with Gasteiger partial charge in [-0.05, 0) is 31.0 Å². The predicted molar refractivity (Wildman–Crippen MR) is 95.2 cm³/mol. The molecular weight excluding hydrogens is 348 g/mol.